The van der Waals surface area contributed by atoms with Crippen molar-refractivity contribution in [2.75, 3.05) is 31.0 Å². The predicted octanol–water partition coefficient (Wildman–Crippen LogP) is 3.66. The average Bonchev–Trinajstić information content (AvgIpc) is 2.85. The van der Waals surface area contributed by atoms with Crippen molar-refractivity contribution in [2.45, 2.75) is 4.90 Å². The molecule has 1 amide bonds. The highest BCUT2D eigenvalue weighted by Gasteiger charge is 2.19. The van der Waals surface area contributed by atoms with E-state index < -0.39 is 14.9 Å². The van der Waals surface area contributed by atoms with Crippen LogP contribution in [0.15, 0.2) is 77.7 Å². The number of rotatable bonds is 7. The van der Waals surface area contributed by atoms with Gasteiger partial charge in [0.2, 0.25) is 0 Å². The van der Waals surface area contributed by atoms with Gasteiger partial charge in [0.05, 0.1) is 23.0 Å². The van der Waals surface area contributed by atoms with Crippen molar-refractivity contribution in [2.24, 2.45) is 0 Å². The van der Waals surface area contributed by atoms with Gasteiger partial charge in [-0.1, -0.05) is 0 Å². The molecule has 1 N–H and O–H groups in total. The van der Waals surface area contributed by atoms with Crippen molar-refractivity contribution >= 4 is 27.3 Å². The van der Waals surface area contributed by atoms with E-state index in [1.165, 1.54) is 60.7 Å². The summed E-state index contributed by atoms with van der Waals surface area (Å²) < 4.78 is 38.8. The van der Waals surface area contributed by atoms with E-state index in [0.717, 1.165) is 0 Å². The molecule has 1 aliphatic heterocycles. The molecule has 0 atom stereocenters. The minimum Gasteiger partial charge on any atom is -0.457 e. The van der Waals surface area contributed by atoms with Crippen LogP contribution in [0, 0.1) is 10.1 Å². The molecule has 1 aliphatic rings. The Balaban J connectivity index is 1.39. The summed E-state index contributed by atoms with van der Waals surface area (Å²) in [5.41, 5.74) is 0.737. The van der Waals surface area contributed by atoms with Crippen molar-refractivity contribution in [3.8, 4) is 11.5 Å². The van der Waals surface area contributed by atoms with Gasteiger partial charge in [0.1, 0.15) is 11.5 Å². The Morgan fingerprint density at radius 3 is 2.03 bits per heavy atom. The van der Waals surface area contributed by atoms with Crippen molar-refractivity contribution in [3.63, 3.8) is 0 Å². The Kier molecular flexibility index (Phi) is 6.75. The number of amides is 1. The van der Waals surface area contributed by atoms with Crippen LogP contribution < -0.4 is 9.46 Å². The molecular weight excluding hydrogens is 462 g/mol. The molecule has 0 spiro atoms. The molecule has 0 unspecified atom stereocenters. The highest BCUT2D eigenvalue weighted by atomic mass is 32.2. The minimum atomic E-state index is -3.86. The number of hydrogen-bond acceptors (Lipinski definition) is 7. The topological polar surface area (TPSA) is 128 Å². The van der Waals surface area contributed by atoms with Gasteiger partial charge < -0.3 is 14.4 Å². The first-order chi connectivity index (χ1) is 16.3. The molecule has 1 saturated heterocycles. The molecule has 4 rings (SSSR count). The van der Waals surface area contributed by atoms with E-state index in [9.17, 15) is 23.3 Å². The van der Waals surface area contributed by atoms with E-state index in [0.29, 0.717) is 49.1 Å². The van der Waals surface area contributed by atoms with Crippen LogP contribution in [0.4, 0.5) is 11.4 Å². The average molecular weight is 484 g/mol. The number of nitro benzene ring substituents is 1. The molecular formula is C23H21N3O7S. The summed E-state index contributed by atoms with van der Waals surface area (Å²) in [6.45, 7) is 2.05. The lowest BCUT2D eigenvalue weighted by atomic mass is 10.2. The molecule has 11 heteroatoms. The van der Waals surface area contributed by atoms with Crippen LogP contribution in [0.3, 0.4) is 0 Å². The largest absolute Gasteiger partial charge is 0.457 e. The van der Waals surface area contributed by atoms with Gasteiger partial charge in [0.25, 0.3) is 21.6 Å². The first kappa shape index (κ1) is 23.2. The standard InChI is InChI=1S/C23H21N3O7S/c27-23(25-13-15-32-16-14-25)17-1-3-18(4-2-17)24-34(30,31)22-11-9-21(10-12-22)33-20-7-5-19(6-8-20)26(28)29/h1-12,24H,13-16H2. The minimum absolute atomic E-state index is 0.0250. The fourth-order valence-corrected chi connectivity index (χ4v) is 4.36. The smallest absolute Gasteiger partial charge is 0.269 e. The molecule has 3 aromatic carbocycles. The number of sulfonamides is 1. The van der Waals surface area contributed by atoms with Crippen LogP contribution in [0.2, 0.25) is 0 Å². The number of carbonyl (C=O) groups excluding carboxylic acids is 1. The van der Waals surface area contributed by atoms with Crippen LogP contribution >= 0.6 is 0 Å². The number of benzene rings is 3. The number of non-ortho nitro benzene ring substituents is 1. The summed E-state index contributed by atoms with van der Waals surface area (Å²) in [6.07, 6.45) is 0. The summed E-state index contributed by atoms with van der Waals surface area (Å²) in [6, 6.07) is 17.5. The predicted molar refractivity (Wildman–Crippen MR) is 124 cm³/mol. The molecule has 0 radical (unpaired) electrons. The fourth-order valence-electron chi connectivity index (χ4n) is 3.30. The number of nitrogens with zero attached hydrogens (tertiary/aromatic N) is 2. The lowest BCUT2D eigenvalue weighted by molar-refractivity contribution is -0.384. The molecule has 34 heavy (non-hydrogen) atoms. The van der Waals surface area contributed by atoms with Gasteiger partial charge >= 0.3 is 0 Å². The van der Waals surface area contributed by atoms with E-state index in [1.54, 1.807) is 17.0 Å². The molecule has 1 fully saturated rings. The highest BCUT2D eigenvalue weighted by molar-refractivity contribution is 7.92. The van der Waals surface area contributed by atoms with Crippen molar-refractivity contribution in [3.05, 3.63) is 88.5 Å². The van der Waals surface area contributed by atoms with Gasteiger partial charge in [-0.25, -0.2) is 8.42 Å². The molecule has 0 saturated carbocycles. The first-order valence-corrected chi connectivity index (χ1v) is 11.8. The summed E-state index contributed by atoms with van der Waals surface area (Å²) in [4.78, 5) is 24.5. The fraction of sp³-hybridized carbons (Fsp3) is 0.174. The zero-order valence-electron chi connectivity index (χ0n) is 17.9. The Morgan fingerprint density at radius 1 is 0.912 bits per heavy atom. The molecule has 0 aliphatic carbocycles. The number of nitrogens with one attached hydrogen (secondary N) is 1. The van der Waals surface area contributed by atoms with Gasteiger partial charge in [-0.15, -0.1) is 0 Å². The maximum absolute atomic E-state index is 12.7. The van der Waals surface area contributed by atoms with Gasteiger partial charge in [-0.3, -0.25) is 19.6 Å². The number of morpholine rings is 1. The van der Waals surface area contributed by atoms with Gasteiger partial charge in [-0.2, -0.15) is 0 Å². The summed E-state index contributed by atoms with van der Waals surface area (Å²) >= 11 is 0. The normalized spacial score (nSPS) is 13.8. The van der Waals surface area contributed by atoms with Crippen molar-refractivity contribution < 1.29 is 27.6 Å². The van der Waals surface area contributed by atoms with Gasteiger partial charge in [-0.05, 0) is 60.7 Å². The lowest BCUT2D eigenvalue weighted by Gasteiger charge is -2.26. The molecule has 10 nitrogen and oxygen atoms in total. The first-order valence-electron chi connectivity index (χ1n) is 10.3. The SMILES string of the molecule is O=C(c1ccc(NS(=O)(=O)c2ccc(Oc3ccc([N+](=O)[O-])cc3)cc2)cc1)N1CCOCC1. The summed E-state index contributed by atoms with van der Waals surface area (Å²) in [5.74, 6) is 0.631. The summed E-state index contributed by atoms with van der Waals surface area (Å²) in [5, 5.41) is 10.7. The van der Waals surface area contributed by atoms with E-state index in [4.69, 9.17) is 9.47 Å². The number of carbonyl (C=O) groups is 1. The highest BCUT2D eigenvalue weighted by Crippen LogP contribution is 2.26. The number of ether oxygens (including phenoxy) is 2. The van der Waals surface area contributed by atoms with Gasteiger partial charge in [0, 0.05) is 36.5 Å². The second kappa shape index (κ2) is 9.89. The van der Waals surface area contributed by atoms with E-state index in [1.807, 2.05) is 0 Å². The lowest BCUT2D eigenvalue weighted by Crippen LogP contribution is -2.40. The number of anilines is 1. The van der Waals surface area contributed by atoms with Crippen LogP contribution in [0.1, 0.15) is 10.4 Å². The molecule has 1 heterocycles. The Morgan fingerprint density at radius 2 is 1.47 bits per heavy atom. The second-order valence-electron chi connectivity index (χ2n) is 7.41. The third-order valence-corrected chi connectivity index (χ3v) is 6.50. The van der Waals surface area contributed by atoms with E-state index in [-0.39, 0.29) is 16.5 Å². The van der Waals surface area contributed by atoms with E-state index >= 15 is 0 Å². The second-order valence-corrected chi connectivity index (χ2v) is 9.09. The third kappa shape index (κ3) is 5.50. The Hall–Kier alpha value is -3.96. The van der Waals surface area contributed by atoms with Crippen molar-refractivity contribution in [1.29, 1.82) is 0 Å². The third-order valence-electron chi connectivity index (χ3n) is 5.10. The Labute approximate surface area is 195 Å². The molecule has 0 bridgehead atoms. The zero-order chi connectivity index (χ0) is 24.1. The molecule has 0 aromatic heterocycles. The number of hydrogen-bond donors (Lipinski definition) is 1. The van der Waals surface area contributed by atoms with Gasteiger partial charge in [0.15, 0.2) is 0 Å². The monoisotopic (exact) mass is 483 g/mol. The van der Waals surface area contributed by atoms with Crippen LogP contribution in [0.25, 0.3) is 0 Å². The molecule has 3 aromatic rings. The zero-order valence-corrected chi connectivity index (χ0v) is 18.7. The van der Waals surface area contributed by atoms with Crippen LogP contribution in [-0.2, 0) is 14.8 Å². The maximum atomic E-state index is 12.7. The summed E-state index contributed by atoms with van der Waals surface area (Å²) in [7, 11) is -3.86. The van der Waals surface area contributed by atoms with Crippen LogP contribution in [0.5, 0.6) is 11.5 Å². The van der Waals surface area contributed by atoms with Crippen LogP contribution in [-0.4, -0.2) is 50.5 Å². The quantitative estimate of drug-likeness (QED) is 0.401. The molecule has 176 valence electrons. The van der Waals surface area contributed by atoms with E-state index in [2.05, 4.69) is 4.72 Å². The maximum Gasteiger partial charge on any atom is 0.269 e. The van der Waals surface area contributed by atoms with Crippen molar-refractivity contribution in [1.82, 2.24) is 4.90 Å². The number of nitro groups is 1. The Bertz CT molecular complexity index is 1270.